The van der Waals surface area contributed by atoms with Crippen LogP contribution in [0.2, 0.25) is 0 Å². The fraction of sp³-hybridized carbons (Fsp3) is 0.429. The predicted octanol–water partition coefficient (Wildman–Crippen LogP) is 2.89. The highest BCUT2D eigenvalue weighted by Crippen LogP contribution is 2.50. The summed E-state index contributed by atoms with van der Waals surface area (Å²) in [6.07, 6.45) is 1.87. The third-order valence-electron chi connectivity index (χ3n) is 3.33. The number of thioether (sulfide) groups is 1. The van der Waals surface area contributed by atoms with Crippen LogP contribution in [-0.2, 0) is 9.59 Å². The summed E-state index contributed by atoms with van der Waals surface area (Å²) < 4.78 is 25.7. The monoisotopic (exact) mass is 315 g/mol. The Morgan fingerprint density at radius 2 is 2.00 bits per heavy atom. The van der Waals surface area contributed by atoms with Crippen molar-refractivity contribution in [3.63, 3.8) is 0 Å². The molecule has 0 bridgehead atoms. The van der Waals surface area contributed by atoms with E-state index >= 15 is 0 Å². The van der Waals surface area contributed by atoms with Crippen molar-refractivity contribution in [2.75, 3.05) is 16.8 Å². The molecule has 7 heteroatoms. The summed E-state index contributed by atoms with van der Waals surface area (Å²) in [4.78, 5) is 22.4. The molecule has 2 rings (SSSR count). The second-order valence-corrected chi connectivity index (χ2v) is 6.23. The summed E-state index contributed by atoms with van der Waals surface area (Å²) >= 11 is 1.36. The van der Waals surface area contributed by atoms with E-state index in [1.807, 2.05) is 0 Å². The highest BCUT2D eigenvalue weighted by molar-refractivity contribution is 8.00. The number of aliphatic carboxylic acids is 1. The summed E-state index contributed by atoms with van der Waals surface area (Å²) in [6, 6.07) is 3.16. The van der Waals surface area contributed by atoms with Gasteiger partial charge in [0.2, 0.25) is 5.91 Å². The normalized spacial score (nSPS) is 15.5. The smallest absolute Gasteiger partial charge is 0.303 e. The molecule has 1 saturated carbocycles. The first-order chi connectivity index (χ1) is 9.90. The third kappa shape index (κ3) is 4.70. The van der Waals surface area contributed by atoms with Gasteiger partial charge in [-0.1, -0.05) is 0 Å². The van der Waals surface area contributed by atoms with E-state index in [0.717, 1.165) is 25.0 Å². The number of carbonyl (C=O) groups is 2. The molecule has 0 spiro atoms. The van der Waals surface area contributed by atoms with Crippen LogP contribution in [0, 0.1) is 17.0 Å². The quantitative estimate of drug-likeness (QED) is 0.812. The van der Waals surface area contributed by atoms with Crippen LogP contribution in [0.15, 0.2) is 18.2 Å². The Morgan fingerprint density at radius 1 is 1.29 bits per heavy atom. The van der Waals surface area contributed by atoms with Crippen molar-refractivity contribution in [1.29, 1.82) is 0 Å². The number of hydrogen-bond acceptors (Lipinski definition) is 3. The number of benzene rings is 1. The summed E-state index contributed by atoms with van der Waals surface area (Å²) in [5.74, 6) is -2.35. The Balaban J connectivity index is 1.75. The highest BCUT2D eigenvalue weighted by atomic mass is 32.2. The van der Waals surface area contributed by atoms with Gasteiger partial charge in [-0.3, -0.25) is 9.59 Å². The lowest BCUT2D eigenvalue weighted by atomic mass is 10.1. The fourth-order valence-corrected chi connectivity index (χ4v) is 3.18. The second-order valence-electron chi connectivity index (χ2n) is 5.24. The zero-order valence-corrected chi connectivity index (χ0v) is 12.0. The lowest BCUT2D eigenvalue weighted by Crippen LogP contribution is -2.17. The number of hydrogen-bond donors (Lipinski definition) is 2. The average Bonchev–Trinajstić information content (AvgIpc) is 3.13. The average molecular weight is 315 g/mol. The molecule has 0 saturated heterocycles. The number of carboxylic acid groups (broad SMARTS) is 1. The maximum absolute atomic E-state index is 13.0. The number of halogens is 2. The zero-order valence-electron chi connectivity index (χ0n) is 11.2. The lowest BCUT2D eigenvalue weighted by Gasteiger charge is -2.11. The van der Waals surface area contributed by atoms with Gasteiger partial charge < -0.3 is 10.4 Å². The van der Waals surface area contributed by atoms with Crippen LogP contribution in [0.5, 0.6) is 0 Å². The van der Waals surface area contributed by atoms with Crippen LogP contribution in [0.1, 0.15) is 19.3 Å². The lowest BCUT2D eigenvalue weighted by molar-refractivity contribution is -0.138. The van der Waals surface area contributed by atoms with Crippen LogP contribution >= 0.6 is 11.8 Å². The fourth-order valence-electron chi connectivity index (χ4n) is 2.00. The van der Waals surface area contributed by atoms with Gasteiger partial charge in [0.05, 0.1) is 12.2 Å². The molecule has 1 fully saturated rings. The molecule has 114 valence electrons. The van der Waals surface area contributed by atoms with Crippen molar-refractivity contribution in [3.05, 3.63) is 29.8 Å². The second kappa shape index (κ2) is 6.43. The first-order valence-electron chi connectivity index (χ1n) is 6.45. The number of nitrogens with one attached hydrogen (secondary N) is 1. The van der Waals surface area contributed by atoms with E-state index in [1.54, 1.807) is 0 Å². The predicted molar refractivity (Wildman–Crippen MR) is 76.2 cm³/mol. The van der Waals surface area contributed by atoms with Gasteiger partial charge >= 0.3 is 5.97 Å². The van der Waals surface area contributed by atoms with Crippen molar-refractivity contribution in [2.45, 2.75) is 19.3 Å². The molecular weight excluding hydrogens is 300 g/mol. The Kier molecular flexibility index (Phi) is 4.82. The van der Waals surface area contributed by atoms with Gasteiger partial charge in [-0.05, 0) is 36.1 Å². The van der Waals surface area contributed by atoms with Crippen molar-refractivity contribution < 1.29 is 23.5 Å². The maximum Gasteiger partial charge on any atom is 0.303 e. The van der Waals surface area contributed by atoms with Crippen LogP contribution in [-0.4, -0.2) is 28.5 Å². The summed E-state index contributed by atoms with van der Waals surface area (Å²) in [5.41, 5.74) is 0.0323. The number of carbonyl (C=O) groups excluding carboxylic acids is 1. The minimum absolute atomic E-state index is 0.130. The zero-order chi connectivity index (χ0) is 15.5. The maximum atomic E-state index is 13.0. The molecule has 0 unspecified atom stereocenters. The van der Waals surface area contributed by atoms with Crippen molar-refractivity contribution in [3.8, 4) is 0 Å². The van der Waals surface area contributed by atoms with Gasteiger partial charge in [0.15, 0.2) is 11.6 Å². The van der Waals surface area contributed by atoms with Crippen LogP contribution in [0.25, 0.3) is 0 Å². The molecule has 1 aromatic carbocycles. The largest absolute Gasteiger partial charge is 0.481 e. The van der Waals surface area contributed by atoms with E-state index in [1.165, 1.54) is 17.8 Å². The molecule has 1 aromatic rings. The Bertz CT molecular complexity index is 561. The minimum Gasteiger partial charge on any atom is -0.481 e. The van der Waals surface area contributed by atoms with E-state index < -0.39 is 17.6 Å². The van der Waals surface area contributed by atoms with Crippen molar-refractivity contribution in [2.24, 2.45) is 5.41 Å². The molecule has 1 aliphatic rings. The molecule has 4 nitrogen and oxygen atoms in total. The van der Waals surface area contributed by atoms with Crippen molar-refractivity contribution >= 4 is 29.3 Å². The van der Waals surface area contributed by atoms with E-state index in [9.17, 15) is 18.4 Å². The van der Waals surface area contributed by atoms with E-state index in [2.05, 4.69) is 5.32 Å². The number of anilines is 1. The summed E-state index contributed by atoms with van der Waals surface area (Å²) in [7, 11) is 0. The van der Waals surface area contributed by atoms with Gasteiger partial charge in [-0.25, -0.2) is 8.78 Å². The van der Waals surface area contributed by atoms with Crippen LogP contribution < -0.4 is 5.32 Å². The third-order valence-corrected chi connectivity index (χ3v) is 4.61. The number of rotatable bonds is 7. The van der Waals surface area contributed by atoms with Crippen LogP contribution in [0.4, 0.5) is 14.5 Å². The van der Waals surface area contributed by atoms with E-state index in [0.29, 0.717) is 5.75 Å². The van der Waals surface area contributed by atoms with Gasteiger partial charge in [-0.15, -0.1) is 0 Å². The molecular formula is C14H15F2NO3S. The summed E-state index contributed by atoms with van der Waals surface area (Å²) in [5, 5.41) is 11.3. The van der Waals surface area contributed by atoms with E-state index in [4.69, 9.17) is 5.11 Å². The Hall–Kier alpha value is -1.63. The highest BCUT2D eigenvalue weighted by Gasteiger charge is 2.44. The van der Waals surface area contributed by atoms with Crippen LogP contribution in [0.3, 0.4) is 0 Å². The SMILES string of the molecule is O=C(O)CC1(CSCC(=O)Nc2ccc(F)c(F)c2)CC1. The molecule has 2 N–H and O–H groups in total. The van der Waals surface area contributed by atoms with Crippen molar-refractivity contribution in [1.82, 2.24) is 0 Å². The van der Waals surface area contributed by atoms with Gasteiger partial charge in [0.1, 0.15) is 0 Å². The molecule has 1 amide bonds. The first-order valence-corrected chi connectivity index (χ1v) is 7.60. The van der Waals surface area contributed by atoms with Gasteiger partial charge in [-0.2, -0.15) is 11.8 Å². The minimum atomic E-state index is -1.01. The van der Waals surface area contributed by atoms with Gasteiger partial charge in [0.25, 0.3) is 0 Å². The first kappa shape index (κ1) is 15.8. The standard InChI is InChI=1S/C14H15F2NO3S/c15-10-2-1-9(5-11(10)16)17-12(18)7-21-8-14(3-4-14)6-13(19)20/h1-2,5H,3-4,6-8H2,(H,17,18)(H,19,20). The van der Waals surface area contributed by atoms with Gasteiger partial charge in [0, 0.05) is 11.8 Å². The molecule has 0 radical (unpaired) electrons. The summed E-state index contributed by atoms with van der Waals surface area (Å²) in [6.45, 7) is 0. The Labute approximate surface area is 124 Å². The Morgan fingerprint density at radius 3 is 2.57 bits per heavy atom. The number of carboxylic acids is 1. The molecule has 21 heavy (non-hydrogen) atoms. The number of amides is 1. The molecule has 0 heterocycles. The molecule has 1 aliphatic carbocycles. The van der Waals surface area contributed by atoms with E-state index in [-0.39, 0.29) is 29.2 Å². The molecule has 0 atom stereocenters. The topological polar surface area (TPSA) is 66.4 Å². The molecule has 0 aromatic heterocycles. The molecule has 0 aliphatic heterocycles.